The summed E-state index contributed by atoms with van der Waals surface area (Å²) in [6.07, 6.45) is 23.9. The van der Waals surface area contributed by atoms with Gasteiger partial charge in [-0.1, -0.05) is 0 Å². The van der Waals surface area contributed by atoms with Crippen LogP contribution in [0.4, 0.5) is 0 Å². The third-order valence-electron chi connectivity index (χ3n) is 14.2. The molecule has 13 atom stereocenters. The van der Waals surface area contributed by atoms with E-state index >= 15 is 0 Å². The average molecular weight is 737 g/mol. The zero-order valence-electron chi connectivity index (χ0n) is 30.3. The Morgan fingerprint density at radius 1 is 0.354 bits per heavy atom. The van der Waals surface area contributed by atoms with Crippen molar-refractivity contribution in [2.24, 2.45) is 23.7 Å². The second-order valence-electron chi connectivity index (χ2n) is 18.7. The summed E-state index contributed by atoms with van der Waals surface area (Å²) in [5, 5.41) is 0. The third-order valence-corrected chi connectivity index (χ3v) is 32.8. The van der Waals surface area contributed by atoms with Crippen molar-refractivity contribution < 1.29 is 35.4 Å². The molecule has 0 radical (unpaired) electrons. The summed E-state index contributed by atoms with van der Waals surface area (Å²) in [6, 6.07) is 4.22. The lowest BCUT2D eigenvalue weighted by molar-refractivity contribution is -0.173. The summed E-state index contributed by atoms with van der Waals surface area (Å²) in [4.78, 5) is 0. The van der Waals surface area contributed by atoms with Crippen molar-refractivity contribution >= 4 is 34.2 Å². The lowest BCUT2D eigenvalue weighted by Crippen LogP contribution is -2.67. The van der Waals surface area contributed by atoms with Crippen LogP contribution in [0.3, 0.4) is 0 Å². The molecule has 8 nitrogen and oxygen atoms in total. The minimum absolute atomic E-state index is 0.498. The first-order valence-corrected chi connectivity index (χ1v) is 30.5. The quantitative estimate of drug-likeness (QED) is 0.147. The number of hydrogen-bond acceptors (Lipinski definition) is 8. The Labute approximate surface area is 294 Å². The highest BCUT2D eigenvalue weighted by molar-refractivity contribution is 6.93. The highest BCUT2D eigenvalue weighted by Crippen LogP contribution is 2.48. The van der Waals surface area contributed by atoms with Crippen LogP contribution in [-0.4, -0.2) is 83.1 Å². The van der Waals surface area contributed by atoms with Crippen molar-refractivity contribution in [3.8, 4) is 0 Å². The Morgan fingerprint density at radius 2 is 0.667 bits per heavy atom. The highest BCUT2D eigenvalue weighted by atomic mass is 28.5. The Morgan fingerprint density at radius 3 is 0.979 bits per heavy atom. The van der Waals surface area contributed by atoms with Gasteiger partial charge in [0.1, 0.15) is 0 Å². The van der Waals surface area contributed by atoms with Crippen molar-refractivity contribution in [2.45, 2.75) is 202 Å². The molecule has 6 heterocycles. The SMILES string of the molecule is C[Si]1(CCC2CC3CC(C2)O3)O[Si](C)(CCC2CCC3OC3C2)O[Si](C)(CCC2CCC3OC3C2)O[Si](C)(CCC2CCC3OC3C2)O1. The monoisotopic (exact) mass is 736 g/mol. The summed E-state index contributed by atoms with van der Waals surface area (Å²) in [5.74, 6) is 2.92. The van der Waals surface area contributed by atoms with Crippen molar-refractivity contribution in [1.29, 1.82) is 0 Å². The Kier molecular flexibility index (Phi) is 9.40. The lowest BCUT2D eigenvalue weighted by atomic mass is 9.79. The molecule has 0 amide bonds. The van der Waals surface area contributed by atoms with Crippen LogP contribution in [0.1, 0.15) is 103 Å². The van der Waals surface area contributed by atoms with Crippen molar-refractivity contribution in [3.05, 3.63) is 0 Å². The number of hydrogen-bond donors (Lipinski definition) is 0. The number of fused-ring (bicyclic) bond motifs is 5. The molecule has 0 aromatic carbocycles. The summed E-state index contributed by atoms with van der Waals surface area (Å²) >= 11 is 0. The summed E-state index contributed by atoms with van der Waals surface area (Å²) in [7, 11) is -10.4. The number of ether oxygens (including phenoxy) is 4. The number of rotatable bonds is 12. The van der Waals surface area contributed by atoms with E-state index in [0.717, 1.165) is 47.8 Å². The highest BCUT2D eigenvalue weighted by Gasteiger charge is 2.58. The van der Waals surface area contributed by atoms with Crippen LogP contribution in [0.25, 0.3) is 0 Å². The molecular formula is C36H64O8Si4. The Hall–Kier alpha value is 0.548. The van der Waals surface area contributed by atoms with Crippen molar-refractivity contribution in [3.63, 3.8) is 0 Å². The maximum atomic E-state index is 7.67. The standard InChI is InChI=1S/C36H64O8Si4/c1-45(15-11-25-5-8-31-34(21-25)38-31)41-46(2,16-12-26-6-9-32-35(22-26)39-32)43-48(4,18-14-28-19-29-24-30(20-28)37-29)44-47(3,42-45)17-13-27-7-10-33-36(23-27)40-33/h25-36H,5-24H2,1-4H3. The van der Waals surface area contributed by atoms with E-state index in [1.54, 1.807) is 0 Å². The predicted octanol–water partition coefficient (Wildman–Crippen LogP) is 8.18. The normalized spacial score (nSPS) is 55.2. The summed E-state index contributed by atoms with van der Waals surface area (Å²) in [6.45, 7) is 9.61. The molecule has 12 heteroatoms. The van der Waals surface area contributed by atoms with Gasteiger partial charge < -0.3 is 35.4 Å². The molecule has 10 fully saturated rings. The minimum atomic E-state index is -2.60. The zero-order valence-corrected chi connectivity index (χ0v) is 34.3. The molecule has 6 saturated heterocycles. The van der Waals surface area contributed by atoms with Crippen LogP contribution >= 0.6 is 0 Å². The molecular weight excluding hydrogens is 673 g/mol. The average Bonchev–Trinajstić information content (AvgIpc) is 3.92. The van der Waals surface area contributed by atoms with Gasteiger partial charge in [0.15, 0.2) is 0 Å². The van der Waals surface area contributed by atoms with Crippen LogP contribution in [0.5, 0.6) is 0 Å². The summed E-state index contributed by atoms with van der Waals surface area (Å²) < 4.78 is 54.5. The van der Waals surface area contributed by atoms with Crippen LogP contribution in [0.2, 0.25) is 50.4 Å². The molecule has 0 spiro atoms. The van der Waals surface area contributed by atoms with Crippen LogP contribution < -0.4 is 0 Å². The van der Waals surface area contributed by atoms with Gasteiger partial charge in [-0.2, -0.15) is 0 Å². The molecule has 10 rings (SSSR count). The van der Waals surface area contributed by atoms with Crippen LogP contribution in [0, 0.1) is 23.7 Å². The van der Waals surface area contributed by atoms with Gasteiger partial charge in [-0.3, -0.25) is 0 Å². The maximum Gasteiger partial charge on any atom is 0.317 e. The van der Waals surface area contributed by atoms with Gasteiger partial charge in [0, 0.05) is 0 Å². The van der Waals surface area contributed by atoms with E-state index in [-0.39, 0.29) is 0 Å². The largest absolute Gasteiger partial charge is 0.416 e. The first kappa shape index (κ1) is 34.3. The lowest BCUT2D eigenvalue weighted by Gasteiger charge is -2.51. The van der Waals surface area contributed by atoms with Crippen LogP contribution in [-0.2, 0) is 35.4 Å². The van der Waals surface area contributed by atoms with E-state index in [0.29, 0.717) is 48.8 Å². The van der Waals surface area contributed by atoms with Crippen molar-refractivity contribution in [2.75, 3.05) is 0 Å². The minimum Gasteiger partial charge on any atom is -0.416 e. The van der Waals surface area contributed by atoms with E-state index in [4.69, 9.17) is 35.4 Å². The van der Waals surface area contributed by atoms with E-state index in [1.165, 1.54) is 103 Å². The Balaban J connectivity index is 0.939. The zero-order chi connectivity index (χ0) is 32.7. The van der Waals surface area contributed by atoms with Gasteiger partial charge >= 0.3 is 34.2 Å². The smallest absolute Gasteiger partial charge is 0.317 e. The van der Waals surface area contributed by atoms with Gasteiger partial charge in [-0.05, 0) is 177 Å². The molecule has 0 aromatic rings. The Bertz CT molecular complexity index is 1010. The molecule has 2 bridgehead atoms. The van der Waals surface area contributed by atoms with E-state index in [1.807, 2.05) is 0 Å². The van der Waals surface area contributed by atoms with E-state index in [2.05, 4.69) is 26.2 Å². The van der Waals surface area contributed by atoms with Crippen LogP contribution in [0.15, 0.2) is 0 Å². The molecule has 48 heavy (non-hydrogen) atoms. The molecule has 272 valence electrons. The predicted molar refractivity (Wildman–Crippen MR) is 193 cm³/mol. The van der Waals surface area contributed by atoms with E-state index in [9.17, 15) is 0 Å². The fourth-order valence-electron chi connectivity index (χ4n) is 11.4. The molecule has 4 aliphatic carbocycles. The summed E-state index contributed by atoms with van der Waals surface area (Å²) in [5.41, 5.74) is 0. The molecule has 10 aliphatic rings. The second-order valence-corrected chi connectivity index (χ2v) is 33.1. The molecule has 0 N–H and O–H groups in total. The van der Waals surface area contributed by atoms with Crippen molar-refractivity contribution in [1.82, 2.24) is 0 Å². The van der Waals surface area contributed by atoms with E-state index < -0.39 is 34.2 Å². The fourth-order valence-corrected chi connectivity index (χ4v) is 35.1. The van der Waals surface area contributed by atoms with Gasteiger partial charge in [0.05, 0.1) is 48.8 Å². The second kappa shape index (κ2) is 13.1. The molecule has 4 saturated carbocycles. The van der Waals surface area contributed by atoms with Gasteiger partial charge in [0.25, 0.3) is 0 Å². The maximum absolute atomic E-state index is 7.67. The molecule has 0 aromatic heterocycles. The topological polar surface area (TPSA) is 83.7 Å². The third kappa shape index (κ3) is 8.05. The van der Waals surface area contributed by atoms with Gasteiger partial charge in [0.2, 0.25) is 0 Å². The molecule has 13 unspecified atom stereocenters. The molecule has 6 aliphatic heterocycles. The first-order valence-electron chi connectivity index (χ1n) is 20.4. The van der Waals surface area contributed by atoms with Gasteiger partial charge in [-0.25, -0.2) is 0 Å². The fraction of sp³-hybridized carbons (Fsp3) is 1.00. The van der Waals surface area contributed by atoms with Gasteiger partial charge in [-0.15, -0.1) is 0 Å². The first-order chi connectivity index (χ1) is 23.0. The number of epoxide rings is 3.